The molecule has 0 unspecified atom stereocenters. The molecule has 0 spiro atoms. The fraction of sp³-hybridized carbons (Fsp3) is 0. The second kappa shape index (κ2) is 2.39. The van der Waals surface area contributed by atoms with Crippen LogP contribution in [0.15, 0.2) is 23.0 Å². The van der Waals surface area contributed by atoms with Crippen molar-refractivity contribution in [2.45, 2.75) is 0 Å². The van der Waals surface area contributed by atoms with Gasteiger partial charge in [0, 0.05) is 10.8 Å². The predicted molar refractivity (Wildman–Crippen MR) is 40.9 cm³/mol. The van der Waals surface area contributed by atoms with Crippen molar-refractivity contribution in [1.82, 2.24) is 0 Å². The van der Waals surface area contributed by atoms with E-state index in [0.717, 1.165) is 10.8 Å². The van der Waals surface area contributed by atoms with E-state index >= 15 is 0 Å². The lowest BCUT2D eigenvalue weighted by Gasteiger charge is -2.13. The molecule has 0 aromatic carbocycles. The minimum atomic E-state index is -2.92. The van der Waals surface area contributed by atoms with Gasteiger partial charge in [-0.2, -0.15) is 0 Å². The quantitative estimate of drug-likeness (QED) is 0.485. The first-order chi connectivity index (χ1) is 5.09. The Morgan fingerprint density at radius 3 is 2.09 bits per heavy atom. The molecule has 0 aromatic heterocycles. The number of carboxylic acid groups (broad SMARTS) is 1. The summed E-state index contributed by atoms with van der Waals surface area (Å²) in [5.41, 5.74) is 0. The van der Waals surface area contributed by atoms with E-state index in [2.05, 4.69) is 0 Å². The van der Waals surface area contributed by atoms with E-state index in [9.17, 15) is 14.9 Å². The molecular weight excluding hydrogens is 170 g/mol. The molecule has 0 aliphatic carbocycles. The summed E-state index contributed by atoms with van der Waals surface area (Å²) in [7, 11) is -2.92. The molecule has 1 aliphatic heterocycles. The molecular formula is C5H5NO4S. The van der Waals surface area contributed by atoms with Gasteiger partial charge in [-0.25, -0.2) is 4.79 Å². The van der Waals surface area contributed by atoms with Gasteiger partial charge in [0.25, 0.3) is 0 Å². The third kappa shape index (κ3) is 1.01. The van der Waals surface area contributed by atoms with Gasteiger partial charge in [-0.15, -0.1) is 0 Å². The van der Waals surface area contributed by atoms with Gasteiger partial charge in [0.05, 0.1) is 4.33 Å². The maximum atomic E-state index is 10.5. The van der Waals surface area contributed by atoms with Crippen molar-refractivity contribution in [2.75, 3.05) is 0 Å². The highest BCUT2D eigenvalue weighted by Crippen LogP contribution is 2.54. The molecule has 0 saturated carbocycles. The number of allylic oxidation sites excluding steroid dienone is 2. The highest BCUT2D eigenvalue weighted by molar-refractivity contribution is 8.44. The summed E-state index contributed by atoms with van der Waals surface area (Å²) in [5.74, 6) is 0. The van der Waals surface area contributed by atoms with Crippen LogP contribution in [0.3, 0.4) is 0 Å². The van der Waals surface area contributed by atoms with Crippen molar-refractivity contribution < 1.29 is 14.2 Å². The van der Waals surface area contributed by atoms with Crippen molar-refractivity contribution in [1.29, 1.82) is 0 Å². The average Bonchev–Trinajstić information content (AvgIpc) is 2.34. The van der Waals surface area contributed by atoms with Crippen molar-refractivity contribution in [3.63, 3.8) is 0 Å². The number of nitrogens with zero attached hydrogens (tertiary/aromatic N) is 1. The molecule has 6 heteroatoms. The first-order valence-electron chi connectivity index (χ1n) is 2.65. The summed E-state index contributed by atoms with van der Waals surface area (Å²) in [6.07, 6.45) is 2.76. The highest BCUT2D eigenvalue weighted by atomic mass is 32.3. The zero-order chi connectivity index (χ0) is 8.48. The molecule has 5 nitrogen and oxygen atoms in total. The van der Waals surface area contributed by atoms with Gasteiger partial charge < -0.3 is 5.11 Å². The molecule has 0 radical (unpaired) electrons. The number of hydrogen-bond donors (Lipinski definition) is 1. The minimum Gasteiger partial charge on any atom is -0.470 e. The number of rotatable bonds is 1. The fourth-order valence-corrected chi connectivity index (χ4v) is 1.97. The Morgan fingerprint density at radius 1 is 1.45 bits per heavy atom. The van der Waals surface area contributed by atoms with Crippen molar-refractivity contribution in [3.8, 4) is 0 Å². The lowest BCUT2D eigenvalue weighted by molar-refractivity contribution is -0.291. The van der Waals surface area contributed by atoms with Crippen LogP contribution in [0.5, 0.6) is 0 Å². The van der Waals surface area contributed by atoms with Gasteiger partial charge in [0.1, 0.15) is 0 Å². The fourth-order valence-electron chi connectivity index (χ4n) is 0.655. The van der Waals surface area contributed by atoms with Gasteiger partial charge in [0.15, 0.2) is 10.2 Å². The molecule has 1 N–H and O–H groups in total. The predicted octanol–water partition coefficient (Wildman–Crippen LogP) is 1.70. The number of nitro groups is 1. The van der Waals surface area contributed by atoms with Crippen LogP contribution in [-0.4, -0.2) is 14.7 Å². The molecule has 0 fully saturated rings. The highest BCUT2D eigenvalue weighted by Gasteiger charge is 2.41. The minimum absolute atomic E-state index is 0.755. The third-order valence-electron chi connectivity index (χ3n) is 1.21. The van der Waals surface area contributed by atoms with Crippen LogP contribution >= 0.6 is 10.2 Å². The van der Waals surface area contributed by atoms with Crippen LogP contribution in [-0.2, 0) is 0 Å². The Balaban J connectivity index is 3.09. The van der Waals surface area contributed by atoms with Crippen LogP contribution in [0.25, 0.3) is 0 Å². The van der Waals surface area contributed by atoms with E-state index in [1.807, 2.05) is 0 Å². The Labute approximate surface area is 63.6 Å². The maximum Gasteiger partial charge on any atom is 0.415 e. The summed E-state index contributed by atoms with van der Waals surface area (Å²) in [6.45, 7) is 0. The van der Waals surface area contributed by atoms with Gasteiger partial charge in [-0.1, -0.05) is 12.2 Å². The van der Waals surface area contributed by atoms with E-state index in [4.69, 9.17) is 5.11 Å². The van der Waals surface area contributed by atoms with E-state index in [-0.39, 0.29) is 0 Å². The Kier molecular flexibility index (Phi) is 1.69. The third-order valence-corrected chi connectivity index (χ3v) is 3.41. The second-order valence-electron chi connectivity index (χ2n) is 1.82. The van der Waals surface area contributed by atoms with Crippen LogP contribution in [0, 0.1) is 10.1 Å². The van der Waals surface area contributed by atoms with Crippen molar-refractivity contribution in [2.24, 2.45) is 0 Å². The first kappa shape index (κ1) is 7.80. The molecule has 0 saturated heterocycles. The van der Waals surface area contributed by atoms with Crippen LogP contribution in [0.2, 0.25) is 0 Å². The summed E-state index contributed by atoms with van der Waals surface area (Å²) in [6, 6.07) is 0. The summed E-state index contributed by atoms with van der Waals surface area (Å²) in [5, 5.41) is 19.7. The first-order valence-corrected chi connectivity index (χ1v) is 4.37. The van der Waals surface area contributed by atoms with Crippen LogP contribution < -0.4 is 0 Å². The molecule has 11 heavy (non-hydrogen) atoms. The van der Waals surface area contributed by atoms with E-state index < -0.39 is 19.8 Å². The van der Waals surface area contributed by atoms with Gasteiger partial charge in [-0.3, -0.25) is 10.1 Å². The molecule has 1 heterocycles. The number of hydrogen-bond acceptors (Lipinski definition) is 3. The van der Waals surface area contributed by atoms with Crippen LogP contribution in [0.4, 0.5) is 4.79 Å². The Hall–Kier alpha value is -1.30. The smallest absolute Gasteiger partial charge is 0.415 e. The van der Waals surface area contributed by atoms with Gasteiger partial charge in [-0.05, 0) is 0 Å². The number of carbonyl (C=O) groups is 1. The largest absolute Gasteiger partial charge is 0.470 e. The van der Waals surface area contributed by atoms with Crippen LogP contribution in [0.1, 0.15) is 0 Å². The SMILES string of the molecule is O=C(O)S1([N+](=O)[O-])C=CC=C1. The second-order valence-corrected chi connectivity index (χ2v) is 4.36. The molecule has 60 valence electrons. The van der Waals surface area contributed by atoms with E-state index in [1.54, 1.807) is 0 Å². The monoisotopic (exact) mass is 175 g/mol. The molecule has 0 atom stereocenters. The maximum absolute atomic E-state index is 10.5. The van der Waals surface area contributed by atoms with E-state index in [0.29, 0.717) is 0 Å². The standard InChI is InChI=1S/C5H5NO4S/c7-5(8)11(6(9)10)3-1-2-4-11/h1-4H,(H,7,8). The zero-order valence-electron chi connectivity index (χ0n) is 5.34. The summed E-state index contributed by atoms with van der Waals surface area (Å²) >= 11 is 0. The molecule has 1 rings (SSSR count). The summed E-state index contributed by atoms with van der Waals surface area (Å²) in [4.78, 5) is 20.8. The van der Waals surface area contributed by atoms with Crippen molar-refractivity contribution in [3.05, 3.63) is 33.1 Å². The molecule has 0 aromatic rings. The average molecular weight is 175 g/mol. The topological polar surface area (TPSA) is 80.4 Å². The lowest BCUT2D eigenvalue weighted by atomic mass is 10.6. The Bertz CT molecular complexity index is 242. The molecule has 1 aliphatic rings. The normalized spacial score (nSPS) is 21.5. The zero-order valence-corrected chi connectivity index (χ0v) is 6.15. The van der Waals surface area contributed by atoms with Gasteiger partial charge in [0.2, 0.25) is 0 Å². The molecule has 0 bridgehead atoms. The Morgan fingerprint density at radius 2 is 1.91 bits per heavy atom. The molecule has 0 amide bonds. The lowest BCUT2D eigenvalue weighted by Crippen LogP contribution is -2.12. The van der Waals surface area contributed by atoms with E-state index in [1.165, 1.54) is 12.2 Å². The van der Waals surface area contributed by atoms with Gasteiger partial charge >= 0.3 is 5.30 Å². The van der Waals surface area contributed by atoms with Crippen molar-refractivity contribution >= 4 is 15.5 Å². The summed E-state index contributed by atoms with van der Waals surface area (Å²) < 4.78 is -0.755.